The topological polar surface area (TPSA) is 99.4 Å². The van der Waals surface area contributed by atoms with Gasteiger partial charge in [0.25, 0.3) is 0 Å². The normalized spacial score (nSPS) is 10.8. The lowest BCUT2D eigenvalue weighted by Crippen LogP contribution is -2.30. The fraction of sp³-hybridized carbons (Fsp3) is 0.500. The van der Waals surface area contributed by atoms with E-state index in [1.165, 1.54) is 0 Å². The molecule has 8 heteroatoms. The molecule has 0 amide bonds. The third-order valence-corrected chi connectivity index (χ3v) is 5.40. The van der Waals surface area contributed by atoms with Crippen molar-refractivity contribution in [2.24, 2.45) is 0 Å². The van der Waals surface area contributed by atoms with Gasteiger partial charge >= 0.3 is 14.2 Å². The van der Waals surface area contributed by atoms with Crippen molar-refractivity contribution in [2.75, 3.05) is 13.2 Å². The van der Waals surface area contributed by atoms with Gasteiger partial charge in [-0.15, -0.1) is 0 Å². The molecular formula is C24H36B2O6. The Labute approximate surface area is 192 Å². The van der Waals surface area contributed by atoms with Crippen molar-refractivity contribution in [1.82, 2.24) is 0 Å². The van der Waals surface area contributed by atoms with E-state index < -0.39 is 14.2 Å². The van der Waals surface area contributed by atoms with Gasteiger partial charge in [-0.25, -0.2) is 0 Å². The van der Waals surface area contributed by atoms with E-state index in [4.69, 9.17) is 9.47 Å². The van der Waals surface area contributed by atoms with E-state index in [0.717, 1.165) is 51.4 Å². The van der Waals surface area contributed by atoms with Gasteiger partial charge in [-0.05, 0) is 35.9 Å². The molecule has 0 unspecified atom stereocenters. The summed E-state index contributed by atoms with van der Waals surface area (Å²) in [5.41, 5.74) is 1.89. The molecule has 174 valence electrons. The van der Waals surface area contributed by atoms with Crippen LogP contribution in [0.1, 0.15) is 65.2 Å². The highest BCUT2D eigenvalue weighted by Crippen LogP contribution is 2.36. The summed E-state index contributed by atoms with van der Waals surface area (Å²) in [6, 6.07) is 9.98. The summed E-state index contributed by atoms with van der Waals surface area (Å²) in [7, 11) is -3.25. The monoisotopic (exact) mass is 442 g/mol. The molecule has 0 heterocycles. The molecule has 2 rings (SSSR count). The molecule has 32 heavy (non-hydrogen) atoms. The Balaban J connectivity index is 2.37. The molecule has 0 spiro atoms. The maximum absolute atomic E-state index is 9.70. The lowest BCUT2D eigenvalue weighted by molar-refractivity contribution is 0.302. The summed E-state index contributed by atoms with van der Waals surface area (Å²) >= 11 is 0. The van der Waals surface area contributed by atoms with Crippen LogP contribution in [-0.4, -0.2) is 47.5 Å². The first kappa shape index (κ1) is 26.3. The summed E-state index contributed by atoms with van der Waals surface area (Å²) in [5.74, 6) is 1.18. The van der Waals surface area contributed by atoms with Crippen molar-refractivity contribution in [3.63, 3.8) is 0 Å². The van der Waals surface area contributed by atoms with E-state index in [2.05, 4.69) is 13.8 Å². The summed E-state index contributed by atoms with van der Waals surface area (Å²) in [5, 5.41) is 38.8. The average molecular weight is 442 g/mol. The zero-order chi connectivity index (χ0) is 23.3. The maximum atomic E-state index is 9.70. The minimum Gasteiger partial charge on any atom is -0.493 e. The zero-order valence-corrected chi connectivity index (χ0v) is 19.3. The van der Waals surface area contributed by atoms with Crippen LogP contribution in [-0.2, 0) is 0 Å². The number of ether oxygens (including phenoxy) is 2. The molecule has 0 aliphatic heterocycles. The summed E-state index contributed by atoms with van der Waals surface area (Å²) in [4.78, 5) is 0. The first-order chi connectivity index (χ1) is 15.5. The molecule has 0 aliphatic rings. The summed E-state index contributed by atoms with van der Waals surface area (Å²) in [6.07, 6.45) is 8.60. The SMILES string of the molecule is CCCCCCOc1ccc(B(O)O)cc1-c1cc(B(O)O)ccc1OCCCCCC. The van der Waals surface area contributed by atoms with Gasteiger partial charge in [-0.1, -0.05) is 76.6 Å². The third-order valence-electron chi connectivity index (χ3n) is 5.40. The van der Waals surface area contributed by atoms with E-state index in [-0.39, 0.29) is 0 Å². The second-order valence-corrected chi connectivity index (χ2v) is 8.08. The zero-order valence-electron chi connectivity index (χ0n) is 19.3. The quantitative estimate of drug-likeness (QED) is 0.250. The fourth-order valence-corrected chi connectivity index (χ4v) is 3.51. The van der Waals surface area contributed by atoms with Crippen LogP contribution in [0.4, 0.5) is 0 Å². The molecule has 6 nitrogen and oxygen atoms in total. The summed E-state index contributed by atoms with van der Waals surface area (Å²) in [6.45, 7) is 5.40. The number of unbranched alkanes of at least 4 members (excludes halogenated alkanes) is 6. The van der Waals surface area contributed by atoms with Crippen molar-refractivity contribution in [2.45, 2.75) is 65.2 Å². The minimum atomic E-state index is -1.63. The van der Waals surface area contributed by atoms with Crippen molar-refractivity contribution in [1.29, 1.82) is 0 Å². The van der Waals surface area contributed by atoms with E-state index in [1.807, 2.05) is 0 Å². The van der Waals surface area contributed by atoms with E-state index >= 15 is 0 Å². The molecule has 0 aliphatic carbocycles. The van der Waals surface area contributed by atoms with Crippen molar-refractivity contribution < 1.29 is 29.6 Å². The Morgan fingerprint density at radius 2 is 1.00 bits per heavy atom. The average Bonchev–Trinajstić information content (AvgIpc) is 2.78. The van der Waals surface area contributed by atoms with Crippen LogP contribution in [0.25, 0.3) is 11.1 Å². The number of hydrogen-bond donors (Lipinski definition) is 4. The highest BCUT2D eigenvalue weighted by atomic mass is 16.5. The Hall–Kier alpha value is -1.99. The van der Waals surface area contributed by atoms with Crippen molar-refractivity contribution >= 4 is 25.2 Å². The number of hydrogen-bond acceptors (Lipinski definition) is 6. The molecule has 2 aromatic rings. The second-order valence-electron chi connectivity index (χ2n) is 8.08. The third kappa shape index (κ3) is 8.17. The highest BCUT2D eigenvalue weighted by molar-refractivity contribution is 6.59. The molecule has 0 atom stereocenters. The lowest BCUT2D eigenvalue weighted by atomic mass is 9.77. The standard InChI is InChI=1S/C24H36B2O6/c1-3-5-7-9-15-31-23-13-11-19(25(27)28)17-21(23)22-18-20(26(29)30)12-14-24(22)32-16-10-8-6-4-2/h11-14,17-18,27-30H,3-10,15-16H2,1-2H3. The second kappa shape index (κ2) is 14.2. The first-order valence-corrected chi connectivity index (χ1v) is 11.7. The van der Waals surface area contributed by atoms with Gasteiger partial charge in [0.1, 0.15) is 11.5 Å². The van der Waals surface area contributed by atoms with Gasteiger partial charge in [0.2, 0.25) is 0 Å². The van der Waals surface area contributed by atoms with Crippen LogP contribution in [0.2, 0.25) is 0 Å². The molecule has 2 aromatic carbocycles. The fourth-order valence-electron chi connectivity index (χ4n) is 3.51. The Kier molecular flexibility index (Phi) is 11.7. The van der Waals surface area contributed by atoms with Crippen LogP contribution in [0.3, 0.4) is 0 Å². The van der Waals surface area contributed by atoms with E-state index in [9.17, 15) is 20.1 Å². The van der Waals surface area contributed by atoms with Gasteiger partial charge < -0.3 is 29.6 Å². The molecule has 4 N–H and O–H groups in total. The van der Waals surface area contributed by atoms with Crippen LogP contribution in [0.15, 0.2) is 36.4 Å². The Morgan fingerprint density at radius 3 is 1.34 bits per heavy atom. The minimum absolute atomic E-state index is 0.321. The number of benzene rings is 2. The smallest absolute Gasteiger partial charge is 0.488 e. The summed E-state index contributed by atoms with van der Waals surface area (Å²) < 4.78 is 12.1. The molecule has 0 saturated heterocycles. The van der Waals surface area contributed by atoms with Crippen LogP contribution >= 0.6 is 0 Å². The number of rotatable bonds is 15. The van der Waals surface area contributed by atoms with Crippen LogP contribution < -0.4 is 20.4 Å². The molecule has 0 saturated carbocycles. The maximum Gasteiger partial charge on any atom is 0.488 e. The predicted molar refractivity (Wildman–Crippen MR) is 131 cm³/mol. The molecule has 0 fully saturated rings. The Morgan fingerprint density at radius 1 is 0.594 bits per heavy atom. The van der Waals surface area contributed by atoms with E-state index in [0.29, 0.717) is 46.8 Å². The largest absolute Gasteiger partial charge is 0.493 e. The van der Waals surface area contributed by atoms with Gasteiger partial charge in [0, 0.05) is 11.1 Å². The highest BCUT2D eigenvalue weighted by Gasteiger charge is 2.20. The molecule has 0 bridgehead atoms. The van der Waals surface area contributed by atoms with Gasteiger partial charge in [-0.2, -0.15) is 0 Å². The van der Waals surface area contributed by atoms with Gasteiger partial charge in [0.05, 0.1) is 13.2 Å². The van der Waals surface area contributed by atoms with Crippen molar-refractivity contribution in [3.8, 4) is 22.6 Å². The van der Waals surface area contributed by atoms with Gasteiger partial charge in [-0.3, -0.25) is 0 Å². The lowest BCUT2D eigenvalue weighted by Gasteiger charge is -2.18. The predicted octanol–water partition coefficient (Wildman–Crippen LogP) is 2.63. The van der Waals surface area contributed by atoms with Crippen LogP contribution in [0, 0.1) is 0 Å². The molecule has 0 radical (unpaired) electrons. The van der Waals surface area contributed by atoms with Crippen molar-refractivity contribution in [3.05, 3.63) is 36.4 Å². The van der Waals surface area contributed by atoms with E-state index in [1.54, 1.807) is 36.4 Å². The van der Waals surface area contributed by atoms with Crippen LogP contribution in [0.5, 0.6) is 11.5 Å². The molecular weight excluding hydrogens is 406 g/mol. The first-order valence-electron chi connectivity index (χ1n) is 11.7. The Bertz CT molecular complexity index is 746. The molecule has 0 aromatic heterocycles. The van der Waals surface area contributed by atoms with Gasteiger partial charge in [0.15, 0.2) is 0 Å².